The van der Waals surface area contributed by atoms with Crippen LogP contribution in [-0.4, -0.2) is 22.9 Å². The van der Waals surface area contributed by atoms with Crippen LogP contribution in [0.25, 0.3) is 0 Å². The fourth-order valence-electron chi connectivity index (χ4n) is 2.00. The summed E-state index contributed by atoms with van der Waals surface area (Å²) in [5.41, 5.74) is 2.32. The average molecular weight is 194 g/mol. The topological polar surface area (TPSA) is 44.1 Å². The number of carbonyl (C=O) groups is 1. The molecule has 0 bridgehead atoms. The van der Waals surface area contributed by atoms with E-state index in [9.17, 15) is 4.79 Å². The van der Waals surface area contributed by atoms with Gasteiger partial charge in [0, 0.05) is 19.7 Å². The molecule has 0 fully saturated rings. The van der Waals surface area contributed by atoms with Crippen LogP contribution < -0.4 is 0 Å². The van der Waals surface area contributed by atoms with Gasteiger partial charge >= 0.3 is 5.97 Å². The standard InChI is InChI=1S/C10H14N2O2/c1-12-6-8-4-3-7(10(13)14-2)5-9(8)11-12/h6-7H,3-5H2,1-2H3. The zero-order chi connectivity index (χ0) is 10.1. The third-order valence-corrected chi connectivity index (χ3v) is 2.73. The lowest BCUT2D eigenvalue weighted by molar-refractivity contribution is -0.145. The van der Waals surface area contributed by atoms with Crippen molar-refractivity contribution in [3.05, 3.63) is 17.5 Å². The normalized spacial score (nSPS) is 20.3. The number of hydrogen-bond acceptors (Lipinski definition) is 3. The maximum Gasteiger partial charge on any atom is 0.309 e. The van der Waals surface area contributed by atoms with E-state index in [2.05, 4.69) is 5.10 Å². The SMILES string of the molecule is COC(=O)C1CCc2cn(C)nc2C1. The van der Waals surface area contributed by atoms with E-state index in [1.165, 1.54) is 12.7 Å². The second-order valence-corrected chi connectivity index (χ2v) is 3.74. The molecule has 0 aliphatic heterocycles. The molecule has 0 spiro atoms. The van der Waals surface area contributed by atoms with Gasteiger partial charge in [-0.05, 0) is 18.4 Å². The molecule has 0 saturated heterocycles. The Morgan fingerprint density at radius 1 is 1.71 bits per heavy atom. The quantitative estimate of drug-likeness (QED) is 0.618. The Morgan fingerprint density at radius 3 is 3.21 bits per heavy atom. The second-order valence-electron chi connectivity index (χ2n) is 3.74. The lowest BCUT2D eigenvalue weighted by Crippen LogP contribution is -2.23. The summed E-state index contributed by atoms with van der Waals surface area (Å²) in [5.74, 6) is -0.108. The van der Waals surface area contributed by atoms with Crippen molar-refractivity contribution in [2.45, 2.75) is 19.3 Å². The van der Waals surface area contributed by atoms with Crippen LogP contribution in [0.5, 0.6) is 0 Å². The van der Waals surface area contributed by atoms with Gasteiger partial charge in [-0.15, -0.1) is 0 Å². The Labute approximate surface area is 82.9 Å². The highest BCUT2D eigenvalue weighted by Gasteiger charge is 2.27. The highest BCUT2D eigenvalue weighted by molar-refractivity contribution is 5.73. The molecule has 1 aromatic heterocycles. The van der Waals surface area contributed by atoms with E-state index in [0.717, 1.165) is 25.0 Å². The van der Waals surface area contributed by atoms with Gasteiger partial charge in [0.1, 0.15) is 0 Å². The van der Waals surface area contributed by atoms with E-state index in [1.54, 1.807) is 0 Å². The molecule has 14 heavy (non-hydrogen) atoms. The molecule has 1 unspecified atom stereocenters. The van der Waals surface area contributed by atoms with Crippen LogP contribution in [0.4, 0.5) is 0 Å². The summed E-state index contributed by atoms with van der Waals surface area (Å²) >= 11 is 0. The van der Waals surface area contributed by atoms with Crippen LogP contribution >= 0.6 is 0 Å². The zero-order valence-corrected chi connectivity index (χ0v) is 8.49. The maximum atomic E-state index is 11.3. The highest BCUT2D eigenvalue weighted by atomic mass is 16.5. The van der Waals surface area contributed by atoms with Gasteiger partial charge in [0.2, 0.25) is 0 Å². The van der Waals surface area contributed by atoms with Gasteiger partial charge in [-0.3, -0.25) is 9.48 Å². The molecule has 1 aliphatic carbocycles. The van der Waals surface area contributed by atoms with E-state index >= 15 is 0 Å². The third kappa shape index (κ3) is 1.52. The molecule has 0 radical (unpaired) electrons. The van der Waals surface area contributed by atoms with Crippen LogP contribution in [0, 0.1) is 5.92 Å². The minimum absolute atomic E-state index is 0.00222. The summed E-state index contributed by atoms with van der Waals surface area (Å²) in [5, 5.41) is 4.33. The minimum Gasteiger partial charge on any atom is -0.469 e. The number of hydrogen-bond donors (Lipinski definition) is 0. The fraction of sp³-hybridized carbons (Fsp3) is 0.600. The van der Waals surface area contributed by atoms with Crippen molar-refractivity contribution in [2.24, 2.45) is 13.0 Å². The predicted molar refractivity (Wildman–Crippen MR) is 50.7 cm³/mol. The first-order chi connectivity index (χ1) is 6.70. The number of fused-ring (bicyclic) bond motifs is 1. The van der Waals surface area contributed by atoms with E-state index < -0.39 is 0 Å². The van der Waals surface area contributed by atoms with Crippen LogP contribution in [0.1, 0.15) is 17.7 Å². The van der Waals surface area contributed by atoms with Crippen LogP contribution in [0.2, 0.25) is 0 Å². The Kier molecular flexibility index (Phi) is 2.27. The van der Waals surface area contributed by atoms with Crippen molar-refractivity contribution >= 4 is 5.97 Å². The van der Waals surface area contributed by atoms with E-state index in [1.807, 2.05) is 17.9 Å². The number of nitrogens with zero attached hydrogens (tertiary/aromatic N) is 2. The van der Waals surface area contributed by atoms with Crippen LogP contribution in [0.15, 0.2) is 6.20 Å². The predicted octanol–water partition coefficient (Wildman–Crippen LogP) is 0.698. The summed E-state index contributed by atoms with van der Waals surface area (Å²) in [6.45, 7) is 0. The number of esters is 1. The van der Waals surface area contributed by atoms with Crippen molar-refractivity contribution in [3.8, 4) is 0 Å². The first-order valence-corrected chi connectivity index (χ1v) is 4.80. The van der Waals surface area contributed by atoms with Gasteiger partial charge in [0.05, 0.1) is 18.7 Å². The van der Waals surface area contributed by atoms with Gasteiger partial charge in [-0.2, -0.15) is 5.10 Å². The lowest BCUT2D eigenvalue weighted by Gasteiger charge is -2.18. The summed E-state index contributed by atoms with van der Waals surface area (Å²) in [7, 11) is 3.35. The van der Waals surface area contributed by atoms with Crippen molar-refractivity contribution < 1.29 is 9.53 Å². The van der Waals surface area contributed by atoms with Crippen LogP contribution in [0.3, 0.4) is 0 Å². The Bertz CT molecular complexity index is 357. The zero-order valence-electron chi connectivity index (χ0n) is 8.49. The van der Waals surface area contributed by atoms with Crippen molar-refractivity contribution in [1.29, 1.82) is 0 Å². The fourth-order valence-corrected chi connectivity index (χ4v) is 2.00. The summed E-state index contributed by atoms with van der Waals surface area (Å²) in [6.07, 6.45) is 4.57. The number of methoxy groups -OCH3 is 1. The van der Waals surface area contributed by atoms with Gasteiger partial charge < -0.3 is 4.74 Å². The first-order valence-electron chi connectivity index (χ1n) is 4.80. The van der Waals surface area contributed by atoms with Crippen molar-refractivity contribution in [1.82, 2.24) is 9.78 Å². The molecular weight excluding hydrogens is 180 g/mol. The van der Waals surface area contributed by atoms with Crippen molar-refractivity contribution in [2.75, 3.05) is 7.11 Å². The van der Waals surface area contributed by atoms with E-state index in [-0.39, 0.29) is 11.9 Å². The Hall–Kier alpha value is -1.32. The molecule has 0 saturated carbocycles. The lowest BCUT2D eigenvalue weighted by atomic mass is 9.88. The smallest absolute Gasteiger partial charge is 0.309 e. The largest absolute Gasteiger partial charge is 0.469 e. The number of ether oxygens (including phenoxy) is 1. The molecule has 1 heterocycles. The summed E-state index contributed by atoms with van der Waals surface area (Å²) < 4.78 is 6.55. The van der Waals surface area contributed by atoms with Gasteiger partial charge in [-0.1, -0.05) is 0 Å². The van der Waals surface area contributed by atoms with Crippen molar-refractivity contribution in [3.63, 3.8) is 0 Å². The molecule has 2 rings (SSSR count). The molecule has 1 atom stereocenters. The molecule has 76 valence electrons. The monoisotopic (exact) mass is 194 g/mol. The first kappa shape index (κ1) is 9.24. The van der Waals surface area contributed by atoms with Crippen LogP contribution in [-0.2, 0) is 29.4 Å². The molecular formula is C10H14N2O2. The van der Waals surface area contributed by atoms with Gasteiger partial charge in [0.15, 0.2) is 0 Å². The molecule has 1 aliphatic rings. The Balaban J connectivity index is 2.16. The maximum absolute atomic E-state index is 11.3. The summed E-state index contributed by atoms with van der Waals surface area (Å²) in [4.78, 5) is 11.3. The number of aromatic nitrogens is 2. The molecule has 0 N–H and O–H groups in total. The highest BCUT2D eigenvalue weighted by Crippen LogP contribution is 2.24. The average Bonchev–Trinajstić information content (AvgIpc) is 2.55. The van der Waals surface area contributed by atoms with E-state index in [0.29, 0.717) is 0 Å². The number of rotatable bonds is 1. The van der Waals surface area contributed by atoms with E-state index in [4.69, 9.17) is 4.74 Å². The molecule has 0 aromatic carbocycles. The third-order valence-electron chi connectivity index (χ3n) is 2.73. The van der Waals surface area contributed by atoms with Gasteiger partial charge in [-0.25, -0.2) is 0 Å². The van der Waals surface area contributed by atoms with Gasteiger partial charge in [0.25, 0.3) is 0 Å². The molecule has 0 amide bonds. The molecule has 1 aromatic rings. The number of carbonyl (C=O) groups excluding carboxylic acids is 1. The summed E-state index contributed by atoms with van der Waals surface area (Å²) in [6, 6.07) is 0. The second kappa shape index (κ2) is 3.44. The Morgan fingerprint density at radius 2 is 2.50 bits per heavy atom. The molecule has 4 heteroatoms. The number of aryl methyl sites for hydroxylation is 2. The minimum atomic E-state index is -0.110. The molecule has 4 nitrogen and oxygen atoms in total.